The lowest BCUT2D eigenvalue weighted by molar-refractivity contribution is 0.0600. The number of hydrogen-bond donors (Lipinski definition) is 1. The molecule has 2 aromatic heterocycles. The molecule has 2 aromatic carbocycles. The van der Waals surface area contributed by atoms with E-state index in [9.17, 15) is 18.0 Å². The van der Waals surface area contributed by atoms with Gasteiger partial charge in [0.1, 0.15) is 0 Å². The van der Waals surface area contributed by atoms with Crippen LogP contribution in [-0.4, -0.2) is 31.0 Å². The average molecular weight is 449 g/mol. The molecule has 9 heteroatoms. The highest BCUT2D eigenvalue weighted by molar-refractivity contribution is 7.89. The molecule has 0 spiro atoms. The Hall–Kier alpha value is -3.82. The standard InChI is InChI=1S/C23H19N3O5S/c1-14-19(23(28)31-2)20(15-6-4-3-5-7-15)21-18(25-14)12-13-26(22(21)27)16-8-10-17(11-9-16)32(24,29)30/h3-13H,1-2H3,(H2,24,29,30). The van der Waals surface area contributed by atoms with Crippen LogP contribution in [0.2, 0.25) is 0 Å². The highest BCUT2D eigenvalue weighted by atomic mass is 32.2. The van der Waals surface area contributed by atoms with Gasteiger partial charge in [0.05, 0.1) is 34.2 Å². The number of carbonyl (C=O) groups is 1. The van der Waals surface area contributed by atoms with Gasteiger partial charge in [0.25, 0.3) is 5.56 Å². The quantitative estimate of drug-likeness (QED) is 0.478. The summed E-state index contributed by atoms with van der Waals surface area (Å²) < 4.78 is 29.4. The van der Waals surface area contributed by atoms with Crippen molar-refractivity contribution in [3.63, 3.8) is 0 Å². The minimum Gasteiger partial charge on any atom is -0.465 e. The fourth-order valence-electron chi connectivity index (χ4n) is 3.64. The van der Waals surface area contributed by atoms with E-state index in [0.717, 1.165) is 0 Å². The van der Waals surface area contributed by atoms with Crippen molar-refractivity contribution in [3.8, 4) is 16.8 Å². The Bertz CT molecular complexity index is 1510. The van der Waals surface area contributed by atoms with Crippen molar-refractivity contribution in [1.29, 1.82) is 0 Å². The lowest BCUT2D eigenvalue weighted by atomic mass is 9.95. The Labute approximate surface area is 184 Å². The number of esters is 1. The average Bonchev–Trinajstić information content (AvgIpc) is 2.78. The maximum Gasteiger partial charge on any atom is 0.340 e. The summed E-state index contributed by atoms with van der Waals surface area (Å²) in [7, 11) is -2.59. The second kappa shape index (κ2) is 8.03. The molecule has 4 rings (SSSR count). The molecule has 0 bridgehead atoms. The van der Waals surface area contributed by atoms with E-state index in [-0.39, 0.29) is 15.8 Å². The van der Waals surface area contributed by atoms with Gasteiger partial charge in [-0.1, -0.05) is 30.3 Å². The maximum absolute atomic E-state index is 13.6. The number of nitrogens with zero attached hydrogens (tertiary/aromatic N) is 2. The third-order valence-corrected chi connectivity index (χ3v) is 6.04. The Balaban J connectivity index is 2.07. The van der Waals surface area contributed by atoms with E-state index in [2.05, 4.69) is 4.98 Å². The first-order valence-corrected chi connectivity index (χ1v) is 11.1. The molecular weight excluding hydrogens is 430 g/mol. The molecular formula is C23H19N3O5S. The number of nitrogens with two attached hydrogens (primary N) is 1. The van der Waals surface area contributed by atoms with E-state index in [4.69, 9.17) is 9.88 Å². The van der Waals surface area contributed by atoms with E-state index in [1.165, 1.54) is 35.9 Å². The third-order valence-electron chi connectivity index (χ3n) is 5.12. The van der Waals surface area contributed by atoms with Crippen molar-refractivity contribution in [3.05, 3.63) is 88.5 Å². The Morgan fingerprint density at radius 3 is 2.28 bits per heavy atom. The summed E-state index contributed by atoms with van der Waals surface area (Å²) in [5.74, 6) is -0.594. The molecule has 0 aliphatic rings. The number of aromatic nitrogens is 2. The topological polar surface area (TPSA) is 121 Å². The molecule has 2 heterocycles. The number of benzene rings is 2. The lowest BCUT2D eigenvalue weighted by Gasteiger charge is -2.15. The third kappa shape index (κ3) is 3.68. The van der Waals surface area contributed by atoms with Crippen LogP contribution in [0.1, 0.15) is 16.1 Å². The van der Waals surface area contributed by atoms with Gasteiger partial charge in [-0.25, -0.2) is 18.4 Å². The number of rotatable bonds is 4. The lowest BCUT2D eigenvalue weighted by Crippen LogP contribution is -2.21. The Morgan fingerprint density at radius 2 is 1.69 bits per heavy atom. The molecule has 2 N–H and O–H groups in total. The van der Waals surface area contributed by atoms with E-state index < -0.39 is 21.6 Å². The maximum atomic E-state index is 13.6. The van der Waals surface area contributed by atoms with Crippen LogP contribution in [0.3, 0.4) is 0 Å². The largest absolute Gasteiger partial charge is 0.465 e. The number of hydrogen-bond acceptors (Lipinski definition) is 6. The van der Waals surface area contributed by atoms with Gasteiger partial charge in [-0.15, -0.1) is 0 Å². The zero-order valence-corrected chi connectivity index (χ0v) is 18.1. The van der Waals surface area contributed by atoms with Crippen molar-refractivity contribution in [2.75, 3.05) is 7.11 Å². The number of primary sulfonamides is 1. The number of methoxy groups -OCH3 is 1. The number of carbonyl (C=O) groups excluding carboxylic acids is 1. The van der Waals surface area contributed by atoms with Crippen LogP contribution >= 0.6 is 0 Å². The summed E-state index contributed by atoms with van der Waals surface area (Å²) in [5.41, 5.74) is 2.20. The van der Waals surface area contributed by atoms with Gasteiger partial charge in [-0.05, 0) is 42.8 Å². The molecule has 0 saturated carbocycles. The van der Waals surface area contributed by atoms with Crippen LogP contribution in [0.5, 0.6) is 0 Å². The minimum absolute atomic E-state index is 0.0645. The van der Waals surface area contributed by atoms with Crippen LogP contribution in [-0.2, 0) is 14.8 Å². The Morgan fingerprint density at radius 1 is 1.03 bits per heavy atom. The van der Waals surface area contributed by atoms with Crippen LogP contribution in [0.25, 0.3) is 27.7 Å². The first-order chi connectivity index (χ1) is 15.2. The highest BCUT2D eigenvalue weighted by Gasteiger charge is 2.23. The molecule has 0 unspecified atom stereocenters. The van der Waals surface area contributed by atoms with Gasteiger partial charge < -0.3 is 4.74 Å². The second-order valence-corrected chi connectivity index (χ2v) is 8.66. The minimum atomic E-state index is -3.86. The van der Waals surface area contributed by atoms with Gasteiger partial charge >= 0.3 is 5.97 Å². The summed E-state index contributed by atoms with van der Waals surface area (Å²) in [6.45, 7) is 1.69. The molecule has 162 valence electrons. The van der Waals surface area contributed by atoms with Gasteiger partial charge in [-0.2, -0.15) is 0 Å². The first kappa shape index (κ1) is 21.4. The fourth-order valence-corrected chi connectivity index (χ4v) is 4.16. The monoisotopic (exact) mass is 449 g/mol. The second-order valence-electron chi connectivity index (χ2n) is 7.09. The molecule has 8 nitrogen and oxygen atoms in total. The zero-order valence-electron chi connectivity index (χ0n) is 17.3. The number of ether oxygens (including phenoxy) is 1. The van der Waals surface area contributed by atoms with Gasteiger partial charge in [-0.3, -0.25) is 14.3 Å². The van der Waals surface area contributed by atoms with Crippen molar-refractivity contribution in [2.45, 2.75) is 11.8 Å². The Kier molecular flexibility index (Phi) is 5.37. The molecule has 32 heavy (non-hydrogen) atoms. The first-order valence-electron chi connectivity index (χ1n) is 9.55. The number of pyridine rings is 2. The van der Waals surface area contributed by atoms with E-state index >= 15 is 0 Å². The molecule has 0 aliphatic carbocycles. The number of fused-ring (bicyclic) bond motifs is 1. The summed E-state index contributed by atoms with van der Waals surface area (Å²) in [6.07, 6.45) is 1.55. The zero-order chi connectivity index (χ0) is 23.0. The van der Waals surface area contributed by atoms with E-state index in [1.54, 1.807) is 31.3 Å². The molecule has 0 saturated heterocycles. The van der Waals surface area contributed by atoms with Gasteiger partial charge in [0.2, 0.25) is 10.0 Å². The summed E-state index contributed by atoms with van der Waals surface area (Å²) >= 11 is 0. The predicted octanol–water partition coefficient (Wildman–Crippen LogP) is 2.80. The number of sulfonamides is 1. The molecule has 0 radical (unpaired) electrons. The van der Waals surface area contributed by atoms with Crippen molar-refractivity contribution in [2.24, 2.45) is 5.14 Å². The van der Waals surface area contributed by atoms with Crippen LogP contribution in [0, 0.1) is 6.92 Å². The normalized spacial score (nSPS) is 11.5. The molecule has 0 aliphatic heterocycles. The molecule has 0 amide bonds. The highest BCUT2D eigenvalue weighted by Crippen LogP contribution is 2.32. The smallest absolute Gasteiger partial charge is 0.340 e. The summed E-state index contributed by atoms with van der Waals surface area (Å²) in [4.78, 5) is 30.6. The van der Waals surface area contributed by atoms with Crippen molar-refractivity contribution < 1.29 is 17.9 Å². The summed E-state index contributed by atoms with van der Waals surface area (Å²) in [6, 6.07) is 16.4. The van der Waals surface area contributed by atoms with Crippen molar-refractivity contribution >= 4 is 26.9 Å². The fraction of sp³-hybridized carbons (Fsp3) is 0.0870. The predicted molar refractivity (Wildman–Crippen MR) is 120 cm³/mol. The van der Waals surface area contributed by atoms with Crippen LogP contribution in [0.4, 0.5) is 0 Å². The molecule has 0 fully saturated rings. The van der Waals surface area contributed by atoms with Crippen LogP contribution in [0.15, 0.2) is 76.6 Å². The molecule has 4 aromatic rings. The van der Waals surface area contributed by atoms with E-state index in [1.807, 2.05) is 18.2 Å². The van der Waals surface area contributed by atoms with Gasteiger partial charge in [0.15, 0.2) is 0 Å². The summed E-state index contributed by atoms with van der Waals surface area (Å²) in [5, 5.41) is 5.41. The molecule has 0 atom stereocenters. The van der Waals surface area contributed by atoms with Crippen LogP contribution < -0.4 is 10.7 Å². The van der Waals surface area contributed by atoms with Gasteiger partial charge in [0, 0.05) is 17.4 Å². The van der Waals surface area contributed by atoms with Crippen molar-refractivity contribution in [1.82, 2.24) is 9.55 Å². The van der Waals surface area contributed by atoms with E-state index in [0.29, 0.717) is 28.0 Å². The SMILES string of the molecule is COC(=O)c1c(C)nc2ccn(-c3ccc(S(N)(=O)=O)cc3)c(=O)c2c1-c1ccccc1. The number of aryl methyl sites for hydroxylation is 1.